The zero-order valence-corrected chi connectivity index (χ0v) is 9.39. The summed E-state index contributed by atoms with van der Waals surface area (Å²) >= 11 is 0. The molecule has 1 N–H and O–H groups in total. The Morgan fingerprint density at radius 2 is 2.20 bits per heavy atom. The van der Waals surface area contributed by atoms with E-state index < -0.39 is 0 Å². The van der Waals surface area contributed by atoms with Crippen molar-refractivity contribution in [3.05, 3.63) is 30.1 Å². The van der Waals surface area contributed by atoms with E-state index in [0.717, 1.165) is 5.69 Å². The normalized spacial score (nSPS) is 13.1. The lowest BCUT2D eigenvalue weighted by Crippen LogP contribution is -2.16. The third kappa shape index (κ3) is 5.50. The molecule has 0 saturated carbocycles. The molecule has 84 valence electrons. The summed E-state index contributed by atoms with van der Waals surface area (Å²) in [5, 5.41) is 9.70. The zero-order valence-electron chi connectivity index (χ0n) is 9.39. The van der Waals surface area contributed by atoms with E-state index in [1.807, 2.05) is 32.0 Å². The van der Waals surface area contributed by atoms with Gasteiger partial charge in [-0.05, 0) is 32.4 Å². The first-order chi connectivity index (χ1) is 7.18. The minimum absolute atomic E-state index is 0.229. The summed E-state index contributed by atoms with van der Waals surface area (Å²) in [5.74, 6) is 0. The standard InChI is InChI=1S/C12H19NO2/c1-10(2)15-8-6-12(14)9-11-5-3-4-7-13-11/h3-5,7,10,12,14H,6,8-9H2,1-2H3. The maximum atomic E-state index is 9.70. The Morgan fingerprint density at radius 1 is 1.40 bits per heavy atom. The lowest BCUT2D eigenvalue weighted by Gasteiger charge is -2.11. The van der Waals surface area contributed by atoms with Gasteiger partial charge in [0.2, 0.25) is 0 Å². The van der Waals surface area contributed by atoms with Crippen LogP contribution < -0.4 is 0 Å². The van der Waals surface area contributed by atoms with Gasteiger partial charge in [0.1, 0.15) is 0 Å². The van der Waals surface area contributed by atoms with Gasteiger partial charge in [-0.15, -0.1) is 0 Å². The van der Waals surface area contributed by atoms with E-state index in [1.54, 1.807) is 6.20 Å². The summed E-state index contributed by atoms with van der Waals surface area (Å²) in [6.45, 7) is 4.59. The molecule has 0 bridgehead atoms. The summed E-state index contributed by atoms with van der Waals surface area (Å²) in [5.41, 5.74) is 0.926. The van der Waals surface area contributed by atoms with Crippen LogP contribution in [0.4, 0.5) is 0 Å². The number of nitrogens with zero attached hydrogens (tertiary/aromatic N) is 1. The highest BCUT2D eigenvalue weighted by Crippen LogP contribution is 2.03. The number of ether oxygens (including phenoxy) is 1. The van der Waals surface area contributed by atoms with Crippen LogP contribution in [0.2, 0.25) is 0 Å². The molecule has 0 aliphatic rings. The molecule has 0 aliphatic carbocycles. The predicted octanol–water partition coefficient (Wildman–Crippen LogP) is 1.80. The van der Waals surface area contributed by atoms with E-state index in [2.05, 4.69) is 4.98 Å². The molecule has 0 aliphatic heterocycles. The molecule has 1 rings (SSSR count). The van der Waals surface area contributed by atoms with E-state index >= 15 is 0 Å². The first-order valence-electron chi connectivity index (χ1n) is 5.38. The van der Waals surface area contributed by atoms with Crippen molar-refractivity contribution in [1.29, 1.82) is 0 Å². The average Bonchev–Trinajstić information content (AvgIpc) is 2.18. The minimum atomic E-state index is -0.362. The number of hydrogen-bond donors (Lipinski definition) is 1. The van der Waals surface area contributed by atoms with Gasteiger partial charge in [-0.1, -0.05) is 6.07 Å². The average molecular weight is 209 g/mol. The topological polar surface area (TPSA) is 42.4 Å². The second kappa shape index (κ2) is 6.53. The van der Waals surface area contributed by atoms with E-state index in [0.29, 0.717) is 19.4 Å². The molecule has 1 heterocycles. The first kappa shape index (κ1) is 12.1. The molecule has 1 atom stereocenters. The van der Waals surface area contributed by atoms with Crippen LogP contribution in [0, 0.1) is 0 Å². The molecular formula is C12H19NO2. The number of rotatable bonds is 6. The van der Waals surface area contributed by atoms with E-state index in [4.69, 9.17) is 4.74 Å². The largest absolute Gasteiger partial charge is 0.393 e. The van der Waals surface area contributed by atoms with Crippen LogP contribution in [0.25, 0.3) is 0 Å². The molecule has 0 spiro atoms. The molecule has 0 amide bonds. The number of pyridine rings is 1. The lowest BCUT2D eigenvalue weighted by molar-refractivity contribution is 0.0468. The fraction of sp³-hybridized carbons (Fsp3) is 0.583. The predicted molar refractivity (Wildman–Crippen MR) is 59.7 cm³/mol. The van der Waals surface area contributed by atoms with Gasteiger partial charge in [0.05, 0.1) is 12.2 Å². The smallest absolute Gasteiger partial charge is 0.0617 e. The van der Waals surface area contributed by atoms with Crippen molar-refractivity contribution in [3.8, 4) is 0 Å². The highest BCUT2D eigenvalue weighted by molar-refractivity contribution is 5.04. The number of aromatic nitrogens is 1. The Balaban J connectivity index is 2.21. The third-order valence-corrected chi connectivity index (χ3v) is 2.07. The van der Waals surface area contributed by atoms with Crippen LogP contribution in [0.5, 0.6) is 0 Å². The van der Waals surface area contributed by atoms with Crippen molar-refractivity contribution in [1.82, 2.24) is 4.98 Å². The van der Waals surface area contributed by atoms with Gasteiger partial charge in [-0.2, -0.15) is 0 Å². The minimum Gasteiger partial charge on any atom is -0.393 e. The molecule has 0 saturated heterocycles. The Morgan fingerprint density at radius 3 is 2.80 bits per heavy atom. The highest BCUT2D eigenvalue weighted by Gasteiger charge is 2.06. The zero-order chi connectivity index (χ0) is 11.1. The first-order valence-corrected chi connectivity index (χ1v) is 5.38. The van der Waals surface area contributed by atoms with Gasteiger partial charge < -0.3 is 9.84 Å². The van der Waals surface area contributed by atoms with E-state index in [1.165, 1.54) is 0 Å². The van der Waals surface area contributed by atoms with Gasteiger partial charge in [-0.3, -0.25) is 4.98 Å². The number of hydrogen-bond acceptors (Lipinski definition) is 3. The van der Waals surface area contributed by atoms with Gasteiger partial charge in [0, 0.05) is 24.9 Å². The highest BCUT2D eigenvalue weighted by atomic mass is 16.5. The summed E-state index contributed by atoms with van der Waals surface area (Å²) < 4.78 is 5.37. The molecule has 1 aromatic heterocycles. The fourth-order valence-corrected chi connectivity index (χ4v) is 1.30. The van der Waals surface area contributed by atoms with Gasteiger partial charge in [-0.25, -0.2) is 0 Å². The Bertz CT molecular complexity index is 262. The quantitative estimate of drug-likeness (QED) is 0.776. The van der Waals surface area contributed by atoms with Crippen molar-refractivity contribution in [2.75, 3.05) is 6.61 Å². The number of aliphatic hydroxyl groups is 1. The summed E-state index contributed by atoms with van der Waals surface area (Å²) in [7, 11) is 0. The molecule has 0 aromatic carbocycles. The second-order valence-corrected chi connectivity index (χ2v) is 3.89. The van der Waals surface area contributed by atoms with Crippen molar-refractivity contribution in [3.63, 3.8) is 0 Å². The Kier molecular flexibility index (Phi) is 5.29. The lowest BCUT2D eigenvalue weighted by atomic mass is 10.1. The van der Waals surface area contributed by atoms with Gasteiger partial charge in [0.15, 0.2) is 0 Å². The molecule has 3 nitrogen and oxygen atoms in total. The summed E-state index contributed by atoms with van der Waals surface area (Å²) in [6, 6.07) is 5.73. The van der Waals surface area contributed by atoms with Crippen molar-refractivity contribution in [2.24, 2.45) is 0 Å². The number of aliphatic hydroxyl groups excluding tert-OH is 1. The summed E-state index contributed by atoms with van der Waals surface area (Å²) in [4.78, 5) is 4.16. The Hall–Kier alpha value is -0.930. The van der Waals surface area contributed by atoms with Crippen molar-refractivity contribution < 1.29 is 9.84 Å². The third-order valence-electron chi connectivity index (χ3n) is 2.07. The van der Waals surface area contributed by atoms with Crippen LogP contribution in [-0.4, -0.2) is 28.9 Å². The maximum absolute atomic E-state index is 9.70. The monoisotopic (exact) mass is 209 g/mol. The van der Waals surface area contributed by atoms with Crippen molar-refractivity contribution in [2.45, 2.75) is 38.9 Å². The second-order valence-electron chi connectivity index (χ2n) is 3.89. The molecule has 1 unspecified atom stereocenters. The van der Waals surface area contributed by atoms with Gasteiger partial charge in [0.25, 0.3) is 0 Å². The molecule has 0 radical (unpaired) electrons. The van der Waals surface area contributed by atoms with Crippen LogP contribution in [-0.2, 0) is 11.2 Å². The molecular weight excluding hydrogens is 190 g/mol. The summed E-state index contributed by atoms with van der Waals surface area (Å²) in [6.07, 6.45) is 2.87. The fourth-order valence-electron chi connectivity index (χ4n) is 1.30. The maximum Gasteiger partial charge on any atom is 0.0617 e. The van der Waals surface area contributed by atoms with Crippen LogP contribution >= 0.6 is 0 Å². The van der Waals surface area contributed by atoms with E-state index in [-0.39, 0.29) is 12.2 Å². The van der Waals surface area contributed by atoms with E-state index in [9.17, 15) is 5.11 Å². The van der Waals surface area contributed by atoms with Gasteiger partial charge >= 0.3 is 0 Å². The SMILES string of the molecule is CC(C)OCCC(O)Cc1ccccn1. The van der Waals surface area contributed by atoms with Crippen LogP contribution in [0.15, 0.2) is 24.4 Å². The van der Waals surface area contributed by atoms with Crippen molar-refractivity contribution >= 4 is 0 Å². The van der Waals surface area contributed by atoms with Crippen LogP contribution in [0.3, 0.4) is 0 Å². The molecule has 1 aromatic rings. The molecule has 15 heavy (non-hydrogen) atoms. The molecule has 0 fully saturated rings. The Labute approximate surface area is 91.1 Å². The van der Waals surface area contributed by atoms with Crippen LogP contribution in [0.1, 0.15) is 26.0 Å². The molecule has 3 heteroatoms.